The van der Waals surface area contributed by atoms with Gasteiger partial charge in [0.15, 0.2) is 6.23 Å². The van der Waals surface area contributed by atoms with Crippen molar-refractivity contribution < 1.29 is 20.1 Å². The molecule has 2 heterocycles. The lowest BCUT2D eigenvalue weighted by Gasteiger charge is -2.19. The Kier molecular flexibility index (Phi) is 4.19. The van der Waals surface area contributed by atoms with Gasteiger partial charge in [-0.1, -0.05) is 23.2 Å². The van der Waals surface area contributed by atoms with E-state index in [4.69, 9.17) is 27.9 Å². The van der Waals surface area contributed by atoms with Crippen LogP contribution in [0.4, 0.5) is 5.95 Å². The van der Waals surface area contributed by atoms with Crippen LogP contribution in [0.2, 0.25) is 10.0 Å². The summed E-state index contributed by atoms with van der Waals surface area (Å²) in [5.74, 6) is 0.420. The van der Waals surface area contributed by atoms with Crippen LogP contribution in [-0.4, -0.2) is 56.8 Å². The number of ether oxygens (including phenoxy) is 1. The summed E-state index contributed by atoms with van der Waals surface area (Å²) in [5, 5.41) is 33.0. The summed E-state index contributed by atoms with van der Waals surface area (Å²) in [7, 11) is 1.67. The van der Waals surface area contributed by atoms with Gasteiger partial charge in [-0.15, -0.1) is 0 Å². The van der Waals surface area contributed by atoms with E-state index in [-0.39, 0.29) is 0 Å². The van der Waals surface area contributed by atoms with E-state index in [2.05, 4.69) is 10.3 Å². The van der Waals surface area contributed by atoms with Crippen molar-refractivity contribution in [2.45, 2.75) is 24.5 Å². The van der Waals surface area contributed by atoms with Crippen molar-refractivity contribution in [3.8, 4) is 0 Å². The predicted octanol–water partition coefficient (Wildman–Crippen LogP) is 0.996. The number of rotatable bonds is 3. The van der Waals surface area contributed by atoms with Gasteiger partial charge in [-0.2, -0.15) is 0 Å². The fourth-order valence-corrected chi connectivity index (χ4v) is 2.93. The first kappa shape index (κ1) is 15.8. The molecule has 1 saturated heterocycles. The van der Waals surface area contributed by atoms with Crippen LogP contribution in [0.15, 0.2) is 12.1 Å². The number of halogens is 2. The minimum absolute atomic E-state index is 0.338. The normalized spacial score (nSPS) is 28.5. The highest BCUT2D eigenvalue weighted by atomic mass is 35.5. The second kappa shape index (κ2) is 5.84. The van der Waals surface area contributed by atoms with E-state index in [0.717, 1.165) is 0 Å². The van der Waals surface area contributed by atoms with Gasteiger partial charge in [-0.25, -0.2) is 4.98 Å². The zero-order valence-corrected chi connectivity index (χ0v) is 13.1. The Labute approximate surface area is 136 Å². The van der Waals surface area contributed by atoms with Gasteiger partial charge in [0.05, 0.1) is 27.7 Å². The lowest BCUT2D eigenvalue weighted by Crippen LogP contribution is -2.33. The molecule has 1 aromatic heterocycles. The average molecular weight is 348 g/mol. The highest BCUT2D eigenvalue weighted by molar-refractivity contribution is 6.42. The molecule has 3 rings (SSSR count). The molecule has 1 aliphatic rings. The lowest BCUT2D eigenvalue weighted by molar-refractivity contribution is -0.0499. The standard InChI is InChI=1S/C13H15Cl2N3O4/c1-16-13-17-7-2-5(14)6(15)3-8(7)18(13)12-11(21)10(20)9(4-19)22-12/h2-3,9-12,19-21H,4H2,1H3,(H,16,17)/t9-,10-,11-,12-/m0/s1. The van der Waals surface area contributed by atoms with Crippen LogP contribution in [0.3, 0.4) is 0 Å². The van der Waals surface area contributed by atoms with Crippen molar-refractivity contribution in [3.63, 3.8) is 0 Å². The predicted molar refractivity (Wildman–Crippen MR) is 82.3 cm³/mol. The molecule has 0 saturated carbocycles. The molecular formula is C13H15Cl2N3O4. The largest absolute Gasteiger partial charge is 0.394 e. The van der Waals surface area contributed by atoms with E-state index >= 15 is 0 Å². The number of fused-ring (bicyclic) bond motifs is 1. The summed E-state index contributed by atoms with van der Waals surface area (Å²) < 4.78 is 7.14. The summed E-state index contributed by atoms with van der Waals surface area (Å²) in [5.41, 5.74) is 1.16. The minimum atomic E-state index is -1.21. The summed E-state index contributed by atoms with van der Waals surface area (Å²) in [6.07, 6.45) is -4.18. The molecule has 1 aliphatic heterocycles. The molecule has 0 unspecified atom stereocenters. The Hall–Kier alpha value is -1.09. The first-order chi connectivity index (χ1) is 10.5. The molecule has 0 aliphatic carbocycles. The smallest absolute Gasteiger partial charge is 0.205 e. The van der Waals surface area contributed by atoms with Crippen molar-refractivity contribution in [1.29, 1.82) is 0 Å². The third-order valence-electron chi connectivity index (χ3n) is 3.73. The summed E-state index contributed by atoms with van der Waals surface area (Å²) >= 11 is 12.0. The zero-order valence-electron chi connectivity index (χ0n) is 11.6. The first-order valence-corrected chi connectivity index (χ1v) is 7.40. The number of aliphatic hydroxyl groups excluding tert-OH is 3. The van der Waals surface area contributed by atoms with Gasteiger partial charge in [-0.3, -0.25) is 4.57 Å². The molecule has 0 bridgehead atoms. The van der Waals surface area contributed by atoms with Gasteiger partial charge in [0, 0.05) is 7.05 Å². The SMILES string of the molecule is CNc1nc2cc(Cl)c(Cl)cc2n1[C@H]1O[C@@H](CO)[C@H](O)[C@@H]1O. The van der Waals surface area contributed by atoms with Gasteiger partial charge < -0.3 is 25.4 Å². The van der Waals surface area contributed by atoms with Gasteiger partial charge in [0.2, 0.25) is 5.95 Å². The van der Waals surface area contributed by atoms with Crippen molar-refractivity contribution >= 4 is 40.2 Å². The number of aliphatic hydroxyl groups is 3. The monoisotopic (exact) mass is 347 g/mol. The summed E-state index contributed by atoms with van der Waals surface area (Å²) in [6, 6.07) is 3.22. The van der Waals surface area contributed by atoms with E-state index in [1.54, 1.807) is 23.7 Å². The third kappa shape index (κ3) is 2.34. The van der Waals surface area contributed by atoms with Crippen LogP contribution >= 0.6 is 23.2 Å². The van der Waals surface area contributed by atoms with Crippen LogP contribution in [-0.2, 0) is 4.74 Å². The number of aromatic nitrogens is 2. The number of anilines is 1. The molecular weight excluding hydrogens is 333 g/mol. The molecule has 0 spiro atoms. The third-order valence-corrected chi connectivity index (χ3v) is 4.45. The van der Waals surface area contributed by atoms with Gasteiger partial charge in [-0.05, 0) is 12.1 Å². The molecule has 0 radical (unpaired) electrons. The number of benzene rings is 1. The average Bonchev–Trinajstić information content (AvgIpc) is 2.98. The molecule has 7 nitrogen and oxygen atoms in total. The van der Waals surface area contributed by atoms with Gasteiger partial charge in [0.1, 0.15) is 18.3 Å². The minimum Gasteiger partial charge on any atom is -0.394 e. The van der Waals surface area contributed by atoms with Gasteiger partial charge >= 0.3 is 0 Å². The van der Waals surface area contributed by atoms with Crippen molar-refractivity contribution in [1.82, 2.24) is 9.55 Å². The summed E-state index contributed by atoms with van der Waals surface area (Å²) in [6.45, 7) is -0.400. The van der Waals surface area contributed by atoms with Crippen LogP contribution in [0.1, 0.15) is 6.23 Å². The van der Waals surface area contributed by atoms with Crippen LogP contribution in [0, 0.1) is 0 Å². The van der Waals surface area contributed by atoms with E-state index in [9.17, 15) is 15.3 Å². The summed E-state index contributed by atoms with van der Waals surface area (Å²) in [4.78, 5) is 4.36. The molecule has 1 fully saturated rings. The highest BCUT2D eigenvalue weighted by Crippen LogP contribution is 2.37. The second-order valence-corrected chi connectivity index (χ2v) is 5.85. The van der Waals surface area contributed by atoms with Crippen molar-refractivity contribution in [2.24, 2.45) is 0 Å². The lowest BCUT2D eigenvalue weighted by atomic mass is 10.1. The molecule has 4 N–H and O–H groups in total. The maximum atomic E-state index is 10.2. The number of nitrogens with zero attached hydrogens (tertiary/aromatic N) is 2. The number of hydrogen-bond donors (Lipinski definition) is 4. The highest BCUT2D eigenvalue weighted by Gasteiger charge is 2.44. The second-order valence-electron chi connectivity index (χ2n) is 5.04. The Morgan fingerprint density at radius 2 is 1.95 bits per heavy atom. The molecule has 1 aromatic carbocycles. The molecule has 4 atom stereocenters. The number of imidazole rings is 1. The molecule has 9 heteroatoms. The number of hydrogen-bond acceptors (Lipinski definition) is 6. The number of nitrogens with one attached hydrogen (secondary N) is 1. The maximum Gasteiger partial charge on any atom is 0.205 e. The van der Waals surface area contributed by atoms with E-state index in [1.807, 2.05) is 0 Å². The van der Waals surface area contributed by atoms with E-state index in [0.29, 0.717) is 27.0 Å². The zero-order chi connectivity index (χ0) is 16.0. The molecule has 0 amide bonds. The maximum absolute atomic E-state index is 10.2. The van der Waals surface area contributed by atoms with Crippen LogP contribution < -0.4 is 5.32 Å². The first-order valence-electron chi connectivity index (χ1n) is 6.65. The van der Waals surface area contributed by atoms with E-state index in [1.165, 1.54) is 0 Å². The van der Waals surface area contributed by atoms with Crippen molar-refractivity contribution in [3.05, 3.63) is 22.2 Å². The van der Waals surface area contributed by atoms with Crippen LogP contribution in [0.25, 0.3) is 11.0 Å². The Balaban J connectivity index is 2.15. The van der Waals surface area contributed by atoms with Crippen molar-refractivity contribution in [2.75, 3.05) is 19.0 Å². The van der Waals surface area contributed by atoms with Gasteiger partial charge in [0.25, 0.3) is 0 Å². The fourth-order valence-electron chi connectivity index (χ4n) is 2.62. The molecule has 2 aromatic rings. The Bertz CT molecular complexity index is 708. The Morgan fingerprint density at radius 3 is 2.55 bits per heavy atom. The molecule has 22 heavy (non-hydrogen) atoms. The topological polar surface area (TPSA) is 99.8 Å². The molecule has 120 valence electrons. The quantitative estimate of drug-likeness (QED) is 0.660. The van der Waals surface area contributed by atoms with E-state index < -0.39 is 31.1 Å². The Morgan fingerprint density at radius 1 is 1.27 bits per heavy atom. The van der Waals surface area contributed by atoms with Crippen LogP contribution in [0.5, 0.6) is 0 Å². The fraction of sp³-hybridized carbons (Fsp3) is 0.462.